The Balaban J connectivity index is 1.32. The molecule has 0 unspecified atom stereocenters. The van der Waals surface area contributed by atoms with Gasteiger partial charge < -0.3 is 4.74 Å². The van der Waals surface area contributed by atoms with Gasteiger partial charge in [0.25, 0.3) is 5.91 Å². The number of carbonyl (C=O) groups excluding carboxylic acids is 1. The van der Waals surface area contributed by atoms with E-state index in [0.29, 0.717) is 23.1 Å². The quantitative estimate of drug-likeness (QED) is 0.559. The largest absolute Gasteiger partial charge is 0.487 e. The molecule has 3 heterocycles. The third kappa shape index (κ3) is 5.65. The van der Waals surface area contributed by atoms with Crippen LogP contribution >= 0.6 is 22.7 Å². The third-order valence-corrected chi connectivity index (χ3v) is 6.81. The van der Waals surface area contributed by atoms with Gasteiger partial charge in [-0.15, -0.1) is 22.7 Å². The number of nitrogens with zero attached hydrogens (tertiary/aromatic N) is 3. The normalized spacial score (nSPS) is 15.3. The number of ether oxygens (including phenoxy) is 1. The van der Waals surface area contributed by atoms with E-state index < -0.39 is 0 Å². The number of rotatable bonds is 7. The van der Waals surface area contributed by atoms with Crippen LogP contribution in [0.25, 0.3) is 0 Å². The number of aromatic nitrogens is 2. The number of amides is 1. The first-order valence-corrected chi connectivity index (χ1v) is 11.9. The van der Waals surface area contributed by atoms with Crippen molar-refractivity contribution in [3.05, 3.63) is 57.0 Å². The maximum atomic E-state index is 12.7. The van der Waals surface area contributed by atoms with Crippen molar-refractivity contribution in [2.24, 2.45) is 5.92 Å². The van der Waals surface area contributed by atoms with Gasteiger partial charge in [0.05, 0.1) is 16.4 Å². The fourth-order valence-electron chi connectivity index (χ4n) is 3.41. The molecular formula is C22H26N4O2S2. The average molecular weight is 443 g/mol. The molecule has 0 radical (unpaired) electrons. The number of thiazole rings is 2. The predicted octanol–water partition coefficient (Wildman–Crippen LogP) is 4.97. The van der Waals surface area contributed by atoms with Crippen LogP contribution in [-0.2, 0) is 13.2 Å². The number of hydrogen-bond acceptors (Lipinski definition) is 7. The van der Waals surface area contributed by atoms with E-state index in [1.165, 1.54) is 24.2 Å². The number of likely N-dealkylation sites (tertiary alicyclic amines) is 1. The van der Waals surface area contributed by atoms with Gasteiger partial charge >= 0.3 is 0 Å². The summed E-state index contributed by atoms with van der Waals surface area (Å²) in [7, 11) is 0. The topological polar surface area (TPSA) is 67.3 Å². The summed E-state index contributed by atoms with van der Waals surface area (Å²) in [4.78, 5) is 24.1. The third-order valence-electron chi connectivity index (χ3n) is 5.18. The van der Waals surface area contributed by atoms with Gasteiger partial charge in [-0.05, 0) is 57.0 Å². The molecule has 0 bridgehead atoms. The zero-order valence-electron chi connectivity index (χ0n) is 17.3. The van der Waals surface area contributed by atoms with Crippen LogP contribution in [0.3, 0.4) is 0 Å². The van der Waals surface area contributed by atoms with Gasteiger partial charge in [-0.1, -0.05) is 13.0 Å². The first-order chi connectivity index (χ1) is 14.5. The smallest absolute Gasteiger partial charge is 0.257 e. The maximum absolute atomic E-state index is 12.7. The van der Waals surface area contributed by atoms with Crippen LogP contribution in [0.5, 0.6) is 5.75 Å². The number of piperidine rings is 1. The molecule has 30 heavy (non-hydrogen) atoms. The van der Waals surface area contributed by atoms with Gasteiger partial charge in [0.15, 0.2) is 5.13 Å². The molecule has 6 nitrogen and oxygen atoms in total. The van der Waals surface area contributed by atoms with E-state index in [1.807, 2.05) is 29.8 Å². The Morgan fingerprint density at radius 1 is 1.20 bits per heavy atom. The van der Waals surface area contributed by atoms with Crippen molar-refractivity contribution in [2.75, 3.05) is 18.4 Å². The number of aryl methyl sites for hydroxylation is 1. The highest BCUT2D eigenvalue weighted by molar-refractivity contribution is 7.14. The molecule has 1 fully saturated rings. The lowest BCUT2D eigenvalue weighted by Gasteiger charge is -2.29. The first-order valence-electron chi connectivity index (χ1n) is 10.2. The number of hydrogen-bond donors (Lipinski definition) is 1. The zero-order chi connectivity index (χ0) is 20.9. The molecule has 158 valence electrons. The van der Waals surface area contributed by atoms with Crippen LogP contribution in [0.15, 0.2) is 35.0 Å². The summed E-state index contributed by atoms with van der Waals surface area (Å²) < 4.78 is 5.79. The molecule has 0 saturated carbocycles. The van der Waals surface area contributed by atoms with Crippen LogP contribution in [0.2, 0.25) is 0 Å². The van der Waals surface area contributed by atoms with Gasteiger partial charge in [0.1, 0.15) is 12.4 Å². The number of benzene rings is 1. The van der Waals surface area contributed by atoms with E-state index in [4.69, 9.17) is 4.74 Å². The second kappa shape index (κ2) is 9.68. The molecule has 1 N–H and O–H groups in total. The van der Waals surface area contributed by atoms with Gasteiger partial charge in [-0.2, -0.15) is 0 Å². The van der Waals surface area contributed by atoms with Crippen LogP contribution in [0.1, 0.15) is 46.5 Å². The van der Waals surface area contributed by atoms with E-state index >= 15 is 0 Å². The molecule has 0 atom stereocenters. The standard InChI is InChI=1S/C22H26N4O2S2/c1-15-6-8-26(9-7-15)11-18-13-30-22(24-18)25-21(27)17-4-3-5-20(10-17)28-12-19-14-29-16(2)23-19/h3-5,10,13-15H,6-9,11-12H2,1-2H3,(H,24,25,27). The Hall–Kier alpha value is -2.29. The minimum absolute atomic E-state index is 0.183. The van der Waals surface area contributed by atoms with Crippen LogP contribution < -0.4 is 10.1 Å². The molecule has 1 amide bonds. The van der Waals surface area contributed by atoms with Crippen molar-refractivity contribution in [2.45, 2.75) is 39.8 Å². The summed E-state index contributed by atoms with van der Waals surface area (Å²) in [6.07, 6.45) is 2.49. The summed E-state index contributed by atoms with van der Waals surface area (Å²) >= 11 is 3.07. The first kappa shape index (κ1) is 21.0. The Morgan fingerprint density at radius 3 is 2.77 bits per heavy atom. The van der Waals surface area contributed by atoms with Crippen LogP contribution in [-0.4, -0.2) is 33.9 Å². The Bertz CT molecular complexity index is 992. The van der Waals surface area contributed by atoms with E-state index in [9.17, 15) is 4.79 Å². The molecule has 3 aromatic rings. The molecule has 0 spiro atoms. The van der Waals surface area contributed by atoms with E-state index in [2.05, 4.69) is 27.1 Å². The highest BCUT2D eigenvalue weighted by Crippen LogP contribution is 2.22. The highest BCUT2D eigenvalue weighted by atomic mass is 32.1. The average Bonchev–Trinajstić information content (AvgIpc) is 3.37. The lowest BCUT2D eigenvalue weighted by molar-refractivity contribution is 0.102. The molecule has 1 aliphatic rings. The summed E-state index contributed by atoms with van der Waals surface area (Å²) in [6, 6.07) is 7.19. The van der Waals surface area contributed by atoms with Crippen LogP contribution in [0.4, 0.5) is 5.13 Å². The maximum Gasteiger partial charge on any atom is 0.257 e. The van der Waals surface area contributed by atoms with Gasteiger partial charge in [-0.25, -0.2) is 9.97 Å². The zero-order valence-corrected chi connectivity index (χ0v) is 18.9. The number of anilines is 1. The summed E-state index contributed by atoms with van der Waals surface area (Å²) in [6.45, 7) is 7.75. The van der Waals surface area contributed by atoms with Gasteiger partial charge in [0.2, 0.25) is 0 Å². The van der Waals surface area contributed by atoms with E-state index in [-0.39, 0.29) is 5.91 Å². The number of carbonyl (C=O) groups is 1. The minimum atomic E-state index is -0.183. The van der Waals surface area contributed by atoms with Crippen molar-refractivity contribution in [3.63, 3.8) is 0 Å². The molecule has 1 aliphatic heterocycles. The van der Waals surface area contributed by atoms with Gasteiger partial charge in [0, 0.05) is 22.9 Å². The monoisotopic (exact) mass is 442 g/mol. The summed E-state index contributed by atoms with van der Waals surface area (Å²) in [5.41, 5.74) is 2.45. The van der Waals surface area contributed by atoms with Crippen molar-refractivity contribution in [1.29, 1.82) is 0 Å². The highest BCUT2D eigenvalue weighted by Gasteiger charge is 2.17. The van der Waals surface area contributed by atoms with Crippen LogP contribution in [0, 0.1) is 12.8 Å². The second-order valence-electron chi connectivity index (χ2n) is 7.73. The fourth-order valence-corrected chi connectivity index (χ4v) is 4.71. The molecule has 4 rings (SSSR count). The second-order valence-corrected chi connectivity index (χ2v) is 9.65. The minimum Gasteiger partial charge on any atom is -0.487 e. The Morgan fingerprint density at radius 2 is 2.00 bits per heavy atom. The van der Waals surface area contributed by atoms with Crippen molar-refractivity contribution >= 4 is 33.7 Å². The van der Waals surface area contributed by atoms with Gasteiger partial charge in [-0.3, -0.25) is 15.0 Å². The van der Waals surface area contributed by atoms with Crippen molar-refractivity contribution in [3.8, 4) is 5.75 Å². The molecule has 2 aromatic heterocycles. The molecule has 1 aromatic carbocycles. The molecule has 0 aliphatic carbocycles. The summed E-state index contributed by atoms with van der Waals surface area (Å²) in [5.74, 6) is 1.28. The lowest BCUT2D eigenvalue weighted by atomic mass is 9.99. The Labute approximate surface area is 184 Å². The van der Waals surface area contributed by atoms with Crippen molar-refractivity contribution in [1.82, 2.24) is 14.9 Å². The number of nitrogens with one attached hydrogen (secondary N) is 1. The van der Waals surface area contributed by atoms with Crippen molar-refractivity contribution < 1.29 is 9.53 Å². The lowest BCUT2D eigenvalue weighted by Crippen LogP contribution is -2.32. The SMILES string of the molecule is Cc1nc(COc2cccc(C(=O)Nc3nc(CN4CCC(C)CC4)cs3)c2)cs1. The molecule has 1 saturated heterocycles. The van der Waals surface area contributed by atoms with E-state index in [1.54, 1.807) is 23.5 Å². The van der Waals surface area contributed by atoms with E-state index in [0.717, 1.165) is 41.9 Å². The molecular weight excluding hydrogens is 416 g/mol. The summed E-state index contributed by atoms with van der Waals surface area (Å²) in [5, 5.41) is 8.57. The fraction of sp³-hybridized carbons (Fsp3) is 0.409. The predicted molar refractivity (Wildman–Crippen MR) is 121 cm³/mol. The Kier molecular flexibility index (Phi) is 6.76. The molecule has 8 heteroatoms.